The number of rotatable bonds is 6. The third kappa shape index (κ3) is 6.22. The number of hydrogen-bond donors (Lipinski definition) is 2. The van der Waals surface area contributed by atoms with Gasteiger partial charge in [-0.15, -0.1) is 12.4 Å². The number of benzene rings is 1. The molecule has 1 aromatic rings. The number of anilines is 1. The Kier molecular flexibility index (Phi) is 8.57. The SMILES string of the molecule is CCCNCC(=O)Nc1ccc(C(=O)OC)cc1.Cl. The maximum atomic E-state index is 11.5. The zero-order valence-electron chi connectivity index (χ0n) is 11.1. The fourth-order valence-corrected chi connectivity index (χ4v) is 1.39. The predicted molar refractivity (Wildman–Crippen MR) is 76.8 cm³/mol. The van der Waals surface area contributed by atoms with Crippen LogP contribution >= 0.6 is 12.4 Å². The summed E-state index contributed by atoms with van der Waals surface area (Å²) in [5.74, 6) is -0.494. The van der Waals surface area contributed by atoms with Gasteiger partial charge in [-0.1, -0.05) is 6.92 Å². The molecule has 1 rings (SSSR count). The van der Waals surface area contributed by atoms with E-state index in [4.69, 9.17) is 0 Å². The number of ether oxygens (including phenoxy) is 1. The number of carbonyl (C=O) groups is 2. The van der Waals surface area contributed by atoms with Crippen LogP contribution in [0.1, 0.15) is 23.7 Å². The lowest BCUT2D eigenvalue weighted by Crippen LogP contribution is -2.28. The fraction of sp³-hybridized carbons (Fsp3) is 0.385. The summed E-state index contributed by atoms with van der Waals surface area (Å²) in [6.07, 6.45) is 0.987. The first-order valence-corrected chi connectivity index (χ1v) is 5.86. The zero-order valence-corrected chi connectivity index (χ0v) is 11.9. The van der Waals surface area contributed by atoms with Crippen molar-refractivity contribution in [1.29, 1.82) is 0 Å². The van der Waals surface area contributed by atoms with Crippen molar-refractivity contribution in [2.45, 2.75) is 13.3 Å². The number of esters is 1. The Morgan fingerprint density at radius 2 is 1.84 bits per heavy atom. The molecule has 1 aromatic carbocycles. The molecule has 0 saturated heterocycles. The largest absolute Gasteiger partial charge is 0.465 e. The number of methoxy groups -OCH3 is 1. The molecule has 0 fully saturated rings. The molecule has 0 atom stereocenters. The molecule has 0 unspecified atom stereocenters. The summed E-state index contributed by atoms with van der Waals surface area (Å²) in [4.78, 5) is 22.7. The minimum absolute atomic E-state index is 0. The normalized spacial score (nSPS) is 9.37. The molecule has 0 saturated carbocycles. The van der Waals surface area contributed by atoms with Gasteiger partial charge in [0.2, 0.25) is 5.91 Å². The molecule has 6 heteroatoms. The number of halogens is 1. The van der Waals surface area contributed by atoms with Crippen molar-refractivity contribution in [3.63, 3.8) is 0 Å². The van der Waals surface area contributed by atoms with Gasteiger partial charge in [-0.3, -0.25) is 4.79 Å². The van der Waals surface area contributed by atoms with Gasteiger partial charge in [0, 0.05) is 5.69 Å². The summed E-state index contributed by atoms with van der Waals surface area (Å²) >= 11 is 0. The minimum Gasteiger partial charge on any atom is -0.465 e. The fourth-order valence-electron chi connectivity index (χ4n) is 1.39. The van der Waals surface area contributed by atoms with Crippen molar-refractivity contribution in [1.82, 2.24) is 5.32 Å². The summed E-state index contributed by atoms with van der Waals surface area (Å²) < 4.78 is 4.59. The highest BCUT2D eigenvalue weighted by Gasteiger charge is 2.05. The van der Waals surface area contributed by atoms with Gasteiger partial charge >= 0.3 is 5.97 Å². The van der Waals surface area contributed by atoms with Gasteiger partial charge in [0.1, 0.15) is 0 Å². The Morgan fingerprint density at radius 3 is 2.37 bits per heavy atom. The van der Waals surface area contributed by atoms with Crippen LogP contribution in [0.4, 0.5) is 5.69 Å². The molecule has 106 valence electrons. The van der Waals surface area contributed by atoms with Crippen molar-refractivity contribution in [2.24, 2.45) is 0 Å². The number of carbonyl (C=O) groups excluding carboxylic acids is 2. The molecule has 0 radical (unpaired) electrons. The van der Waals surface area contributed by atoms with Gasteiger partial charge in [0.25, 0.3) is 0 Å². The van der Waals surface area contributed by atoms with Gasteiger partial charge in [-0.25, -0.2) is 4.79 Å². The molecule has 19 heavy (non-hydrogen) atoms. The van der Waals surface area contributed by atoms with E-state index >= 15 is 0 Å². The third-order valence-corrected chi connectivity index (χ3v) is 2.30. The Bertz CT molecular complexity index is 407. The highest BCUT2D eigenvalue weighted by molar-refractivity contribution is 5.93. The first kappa shape index (κ1) is 17.4. The first-order chi connectivity index (χ1) is 8.67. The van der Waals surface area contributed by atoms with E-state index < -0.39 is 5.97 Å². The van der Waals surface area contributed by atoms with Crippen LogP contribution in [-0.2, 0) is 9.53 Å². The van der Waals surface area contributed by atoms with E-state index in [9.17, 15) is 9.59 Å². The summed E-state index contributed by atoms with van der Waals surface area (Å²) in [7, 11) is 1.33. The highest BCUT2D eigenvalue weighted by atomic mass is 35.5. The van der Waals surface area contributed by atoms with E-state index in [1.807, 2.05) is 6.92 Å². The Labute approximate surface area is 119 Å². The molecule has 0 aliphatic carbocycles. The molecule has 5 nitrogen and oxygen atoms in total. The molecule has 0 aliphatic rings. The third-order valence-electron chi connectivity index (χ3n) is 2.30. The van der Waals surface area contributed by atoms with Crippen LogP contribution in [0, 0.1) is 0 Å². The Balaban J connectivity index is 0.00000324. The van der Waals surface area contributed by atoms with E-state index in [0.29, 0.717) is 11.3 Å². The van der Waals surface area contributed by atoms with Crippen molar-refractivity contribution >= 4 is 30.0 Å². The molecule has 0 aromatic heterocycles. The molecule has 0 spiro atoms. The van der Waals surface area contributed by atoms with E-state index in [-0.39, 0.29) is 24.9 Å². The van der Waals surface area contributed by atoms with Gasteiger partial charge < -0.3 is 15.4 Å². The van der Waals surface area contributed by atoms with Crippen LogP contribution in [0.15, 0.2) is 24.3 Å². The van der Waals surface area contributed by atoms with Crippen LogP contribution in [0.3, 0.4) is 0 Å². The van der Waals surface area contributed by atoms with E-state index in [1.54, 1.807) is 24.3 Å². The summed E-state index contributed by atoms with van der Waals surface area (Å²) in [5.41, 5.74) is 1.12. The van der Waals surface area contributed by atoms with Crippen molar-refractivity contribution in [2.75, 3.05) is 25.5 Å². The van der Waals surface area contributed by atoms with E-state index in [0.717, 1.165) is 13.0 Å². The van der Waals surface area contributed by atoms with E-state index in [1.165, 1.54) is 7.11 Å². The van der Waals surface area contributed by atoms with Crippen molar-refractivity contribution < 1.29 is 14.3 Å². The van der Waals surface area contributed by atoms with Crippen LogP contribution in [0.2, 0.25) is 0 Å². The van der Waals surface area contributed by atoms with Crippen molar-refractivity contribution in [3.8, 4) is 0 Å². The molecular formula is C13H19ClN2O3. The number of hydrogen-bond acceptors (Lipinski definition) is 4. The van der Waals surface area contributed by atoms with Crippen LogP contribution < -0.4 is 10.6 Å². The second kappa shape index (κ2) is 9.35. The molecule has 0 bridgehead atoms. The lowest BCUT2D eigenvalue weighted by atomic mass is 10.2. The van der Waals surface area contributed by atoms with Gasteiger partial charge in [0.15, 0.2) is 0 Å². The lowest BCUT2D eigenvalue weighted by Gasteiger charge is -2.06. The maximum absolute atomic E-state index is 11.5. The Morgan fingerprint density at radius 1 is 1.21 bits per heavy atom. The van der Waals surface area contributed by atoms with Crippen molar-refractivity contribution in [3.05, 3.63) is 29.8 Å². The molecule has 1 amide bonds. The second-order valence-electron chi connectivity index (χ2n) is 3.79. The summed E-state index contributed by atoms with van der Waals surface area (Å²) in [6.45, 7) is 3.14. The average molecular weight is 287 g/mol. The summed E-state index contributed by atoms with van der Waals surface area (Å²) in [6, 6.07) is 6.57. The quantitative estimate of drug-likeness (QED) is 0.618. The van der Waals surface area contributed by atoms with Gasteiger partial charge in [0.05, 0.1) is 19.2 Å². The number of nitrogens with one attached hydrogen (secondary N) is 2. The monoisotopic (exact) mass is 286 g/mol. The Hall–Kier alpha value is -1.59. The molecule has 0 aliphatic heterocycles. The van der Waals surface area contributed by atoms with Crippen LogP contribution in [0.25, 0.3) is 0 Å². The topological polar surface area (TPSA) is 67.4 Å². The van der Waals surface area contributed by atoms with E-state index in [2.05, 4.69) is 15.4 Å². The zero-order chi connectivity index (χ0) is 13.4. The highest BCUT2D eigenvalue weighted by Crippen LogP contribution is 2.10. The second-order valence-corrected chi connectivity index (χ2v) is 3.79. The first-order valence-electron chi connectivity index (χ1n) is 5.86. The molecule has 0 heterocycles. The molecular weight excluding hydrogens is 268 g/mol. The smallest absolute Gasteiger partial charge is 0.337 e. The van der Waals surface area contributed by atoms with Gasteiger partial charge in [-0.2, -0.15) is 0 Å². The molecule has 2 N–H and O–H groups in total. The predicted octanol–water partition coefficient (Wildman–Crippen LogP) is 1.83. The van der Waals surface area contributed by atoms with Crippen LogP contribution in [0.5, 0.6) is 0 Å². The minimum atomic E-state index is -0.391. The standard InChI is InChI=1S/C13H18N2O3.ClH/c1-3-8-14-9-12(16)15-11-6-4-10(5-7-11)13(17)18-2;/h4-7,14H,3,8-9H2,1-2H3,(H,15,16);1H. The number of amides is 1. The van der Waals surface area contributed by atoms with Gasteiger partial charge in [-0.05, 0) is 37.2 Å². The van der Waals surface area contributed by atoms with Crippen LogP contribution in [-0.4, -0.2) is 32.1 Å². The summed E-state index contributed by atoms with van der Waals surface area (Å²) in [5, 5.41) is 5.74. The average Bonchev–Trinajstić information content (AvgIpc) is 2.39. The maximum Gasteiger partial charge on any atom is 0.337 e. The lowest BCUT2D eigenvalue weighted by molar-refractivity contribution is -0.115.